The summed E-state index contributed by atoms with van der Waals surface area (Å²) in [4.78, 5) is 12.9. The summed E-state index contributed by atoms with van der Waals surface area (Å²) in [5, 5.41) is 0. The molecule has 0 radical (unpaired) electrons. The molecule has 1 heterocycles. The number of nitrogens with two attached hydrogens (primary N) is 1. The zero-order valence-electron chi connectivity index (χ0n) is 8.96. The predicted octanol–water partition coefficient (Wildman–Crippen LogP) is 4.39. The Hall–Kier alpha value is -0.650. The number of carbonyl (C=O) groups is 1. The summed E-state index contributed by atoms with van der Waals surface area (Å²) in [7, 11) is 0. The molecule has 0 spiro atoms. The third-order valence-electron chi connectivity index (χ3n) is 2.32. The van der Waals surface area contributed by atoms with E-state index in [1.807, 2.05) is 19.1 Å². The number of thiophene rings is 1. The van der Waals surface area contributed by atoms with Crippen molar-refractivity contribution in [3.63, 3.8) is 0 Å². The van der Waals surface area contributed by atoms with Crippen molar-refractivity contribution in [2.75, 3.05) is 5.73 Å². The highest BCUT2D eigenvalue weighted by atomic mass is 79.9. The van der Waals surface area contributed by atoms with E-state index in [1.54, 1.807) is 12.1 Å². The van der Waals surface area contributed by atoms with Crippen LogP contribution in [0.4, 0.5) is 5.69 Å². The van der Waals surface area contributed by atoms with Crippen LogP contribution >= 0.6 is 43.2 Å². The van der Waals surface area contributed by atoms with Gasteiger partial charge in [0.15, 0.2) is 0 Å². The number of aryl methyl sites for hydroxylation is 1. The molecule has 0 atom stereocenters. The fourth-order valence-corrected chi connectivity index (χ4v) is 3.45. The SMILES string of the molecule is Cc1ccc(N)c(C(=O)c2cc(Br)c(Br)s2)c1. The molecule has 0 unspecified atom stereocenters. The van der Waals surface area contributed by atoms with Crippen LogP contribution in [-0.2, 0) is 0 Å². The number of benzene rings is 1. The highest BCUT2D eigenvalue weighted by Crippen LogP contribution is 2.34. The minimum Gasteiger partial charge on any atom is -0.398 e. The molecule has 2 rings (SSSR count). The molecule has 5 heteroatoms. The summed E-state index contributed by atoms with van der Waals surface area (Å²) in [6, 6.07) is 7.28. The summed E-state index contributed by atoms with van der Waals surface area (Å²) >= 11 is 8.14. The summed E-state index contributed by atoms with van der Waals surface area (Å²) in [6.45, 7) is 1.94. The minimum absolute atomic E-state index is 0.0393. The van der Waals surface area contributed by atoms with Crippen LogP contribution in [-0.4, -0.2) is 5.78 Å². The van der Waals surface area contributed by atoms with Crippen LogP contribution in [0.1, 0.15) is 20.8 Å². The highest BCUT2D eigenvalue weighted by molar-refractivity contribution is 9.13. The second-order valence-electron chi connectivity index (χ2n) is 3.65. The van der Waals surface area contributed by atoms with Gasteiger partial charge in [-0.25, -0.2) is 0 Å². The van der Waals surface area contributed by atoms with Crippen molar-refractivity contribution in [1.82, 2.24) is 0 Å². The van der Waals surface area contributed by atoms with Gasteiger partial charge in [-0.1, -0.05) is 11.6 Å². The molecule has 0 aliphatic heterocycles. The Bertz CT molecular complexity index is 573. The van der Waals surface area contributed by atoms with Crippen molar-refractivity contribution in [3.8, 4) is 0 Å². The van der Waals surface area contributed by atoms with Gasteiger partial charge in [0.05, 0.1) is 8.66 Å². The molecule has 0 aliphatic carbocycles. The molecule has 0 saturated heterocycles. The van der Waals surface area contributed by atoms with Crippen LogP contribution in [0.3, 0.4) is 0 Å². The van der Waals surface area contributed by atoms with Crippen LogP contribution < -0.4 is 5.73 Å². The lowest BCUT2D eigenvalue weighted by atomic mass is 10.0. The molecule has 0 amide bonds. The lowest BCUT2D eigenvalue weighted by molar-refractivity contribution is 0.104. The largest absolute Gasteiger partial charge is 0.398 e. The minimum atomic E-state index is -0.0393. The van der Waals surface area contributed by atoms with Crippen molar-refractivity contribution in [2.24, 2.45) is 0 Å². The van der Waals surface area contributed by atoms with E-state index in [0.717, 1.165) is 13.8 Å². The van der Waals surface area contributed by atoms with Gasteiger partial charge in [0.25, 0.3) is 0 Å². The maximum absolute atomic E-state index is 12.3. The quantitative estimate of drug-likeness (QED) is 0.625. The molecule has 2 N–H and O–H groups in total. The first-order valence-electron chi connectivity index (χ1n) is 4.84. The summed E-state index contributed by atoms with van der Waals surface area (Å²) in [6.07, 6.45) is 0. The van der Waals surface area contributed by atoms with Crippen molar-refractivity contribution in [1.29, 1.82) is 0 Å². The number of hydrogen-bond donors (Lipinski definition) is 1. The lowest BCUT2D eigenvalue weighted by Gasteiger charge is -2.04. The van der Waals surface area contributed by atoms with E-state index in [9.17, 15) is 4.79 Å². The van der Waals surface area contributed by atoms with E-state index in [-0.39, 0.29) is 5.78 Å². The maximum Gasteiger partial charge on any atom is 0.205 e. The third kappa shape index (κ3) is 2.61. The Kier molecular flexibility index (Phi) is 3.70. The molecule has 88 valence electrons. The molecule has 0 saturated carbocycles. The molecular weight excluding hydrogens is 366 g/mol. The fourth-order valence-electron chi connectivity index (χ4n) is 1.46. The first kappa shape index (κ1) is 12.8. The Balaban J connectivity index is 2.47. The van der Waals surface area contributed by atoms with Crippen LogP contribution in [0, 0.1) is 6.92 Å². The normalized spacial score (nSPS) is 10.5. The second kappa shape index (κ2) is 4.92. The zero-order valence-corrected chi connectivity index (χ0v) is 12.9. The first-order chi connectivity index (χ1) is 7.99. The van der Waals surface area contributed by atoms with Gasteiger partial charge in [-0.2, -0.15) is 0 Å². The number of rotatable bonds is 2. The number of anilines is 1. The fraction of sp³-hybridized carbons (Fsp3) is 0.0833. The molecule has 17 heavy (non-hydrogen) atoms. The van der Waals surface area contributed by atoms with Gasteiger partial charge in [0, 0.05) is 15.7 Å². The molecule has 0 fully saturated rings. The van der Waals surface area contributed by atoms with E-state index < -0.39 is 0 Å². The van der Waals surface area contributed by atoms with Crippen molar-refractivity contribution >= 4 is 54.7 Å². The van der Waals surface area contributed by atoms with Crippen LogP contribution in [0.2, 0.25) is 0 Å². The van der Waals surface area contributed by atoms with Crippen molar-refractivity contribution in [2.45, 2.75) is 6.92 Å². The van der Waals surface area contributed by atoms with E-state index >= 15 is 0 Å². The summed E-state index contributed by atoms with van der Waals surface area (Å²) in [5.74, 6) is -0.0393. The van der Waals surface area contributed by atoms with Gasteiger partial charge in [-0.15, -0.1) is 11.3 Å². The number of halogens is 2. The van der Waals surface area contributed by atoms with E-state index in [0.29, 0.717) is 16.1 Å². The second-order valence-corrected chi connectivity index (χ2v) is 6.88. The number of carbonyl (C=O) groups excluding carboxylic acids is 1. The van der Waals surface area contributed by atoms with Gasteiger partial charge >= 0.3 is 0 Å². The highest BCUT2D eigenvalue weighted by Gasteiger charge is 2.16. The van der Waals surface area contributed by atoms with E-state index in [4.69, 9.17) is 5.73 Å². The van der Waals surface area contributed by atoms with Gasteiger partial charge in [-0.3, -0.25) is 4.79 Å². The number of ketones is 1. The molecule has 1 aromatic carbocycles. The monoisotopic (exact) mass is 373 g/mol. The van der Waals surface area contributed by atoms with Gasteiger partial charge in [-0.05, 0) is 57.0 Å². The van der Waals surface area contributed by atoms with Gasteiger partial charge in [0.1, 0.15) is 0 Å². The Morgan fingerprint density at radius 1 is 1.29 bits per heavy atom. The smallest absolute Gasteiger partial charge is 0.205 e. The van der Waals surface area contributed by atoms with E-state index in [1.165, 1.54) is 11.3 Å². The van der Waals surface area contributed by atoms with Gasteiger partial charge < -0.3 is 5.73 Å². The van der Waals surface area contributed by atoms with Crippen molar-refractivity contribution < 1.29 is 4.79 Å². The predicted molar refractivity (Wildman–Crippen MR) is 78.7 cm³/mol. The van der Waals surface area contributed by atoms with Gasteiger partial charge in [0.2, 0.25) is 5.78 Å². The Labute approximate surface area is 120 Å². The number of nitrogen functional groups attached to an aromatic ring is 1. The third-order valence-corrected chi connectivity index (χ3v) is 5.58. The summed E-state index contributed by atoms with van der Waals surface area (Å²) in [5.41, 5.74) is 7.93. The molecule has 0 aliphatic rings. The standard InChI is InChI=1S/C12H9Br2NOS/c1-6-2-3-9(15)7(4-6)11(16)10-5-8(13)12(14)17-10/h2-5H,15H2,1H3. The van der Waals surface area contributed by atoms with Crippen LogP contribution in [0.5, 0.6) is 0 Å². The molecule has 2 nitrogen and oxygen atoms in total. The topological polar surface area (TPSA) is 43.1 Å². The van der Waals surface area contributed by atoms with Crippen LogP contribution in [0.15, 0.2) is 32.5 Å². The Morgan fingerprint density at radius 2 is 2.00 bits per heavy atom. The average molecular weight is 375 g/mol. The molecule has 2 aromatic rings. The molecule has 1 aromatic heterocycles. The average Bonchev–Trinajstić information content (AvgIpc) is 2.62. The molecular formula is C12H9Br2NOS. The molecule has 0 bridgehead atoms. The lowest BCUT2D eigenvalue weighted by Crippen LogP contribution is -2.03. The maximum atomic E-state index is 12.3. The Morgan fingerprint density at radius 3 is 2.59 bits per heavy atom. The van der Waals surface area contributed by atoms with Crippen LogP contribution in [0.25, 0.3) is 0 Å². The first-order valence-corrected chi connectivity index (χ1v) is 7.25. The zero-order chi connectivity index (χ0) is 12.6. The summed E-state index contributed by atoms with van der Waals surface area (Å²) < 4.78 is 1.80. The number of hydrogen-bond acceptors (Lipinski definition) is 3. The van der Waals surface area contributed by atoms with Crippen molar-refractivity contribution in [3.05, 3.63) is 48.5 Å². The van der Waals surface area contributed by atoms with E-state index in [2.05, 4.69) is 31.9 Å².